The fraction of sp³-hybridized carbons (Fsp3) is 0.600. The van der Waals surface area contributed by atoms with Crippen LogP contribution < -0.4 is 0 Å². The zero-order valence-corrected chi connectivity index (χ0v) is 18.1. The Morgan fingerprint density at radius 2 is 1.86 bits per heavy atom. The molecular weight excluding hydrogens is 425 g/mol. The van der Waals surface area contributed by atoms with Gasteiger partial charge in [0.05, 0.1) is 13.0 Å². The molecule has 1 amide bonds. The molecule has 0 aliphatic carbocycles. The second-order valence-corrected chi connectivity index (χ2v) is 9.88. The van der Waals surface area contributed by atoms with Crippen LogP contribution >= 0.6 is 34.8 Å². The Morgan fingerprint density at radius 3 is 2.43 bits per heavy atom. The highest BCUT2D eigenvalue weighted by atomic mass is 35.6. The van der Waals surface area contributed by atoms with Crippen LogP contribution in [0.25, 0.3) is 0 Å². The van der Waals surface area contributed by atoms with E-state index in [1.807, 2.05) is 0 Å². The van der Waals surface area contributed by atoms with Crippen molar-refractivity contribution in [1.29, 1.82) is 0 Å². The van der Waals surface area contributed by atoms with Crippen LogP contribution in [0.2, 0.25) is 0 Å². The van der Waals surface area contributed by atoms with Gasteiger partial charge in [-0.05, 0) is 36.8 Å². The molecule has 28 heavy (non-hydrogen) atoms. The molecular formula is C20H24Cl3NO4. The average Bonchev–Trinajstić information content (AvgIpc) is 2.98. The highest BCUT2D eigenvalue weighted by molar-refractivity contribution is 6.67. The summed E-state index contributed by atoms with van der Waals surface area (Å²) in [4.78, 5) is 27.0. The Kier molecular flexibility index (Phi) is 6.68. The Bertz CT molecular complexity index is 719. The largest absolute Gasteiger partial charge is 0.469 e. The van der Waals surface area contributed by atoms with Gasteiger partial charge in [0, 0.05) is 18.0 Å². The summed E-state index contributed by atoms with van der Waals surface area (Å²) in [6.07, 6.45) is 2.61. The first-order valence-corrected chi connectivity index (χ1v) is 10.6. The standard InChI is InChI=1S/C20H24Cl3NO4/c1-3-12-4-6-13(7-5-12)15-10-14-8-9-16(17(15)18(25)27-2)24(14)19(26)28-11-20(21,22)23/h4-7,14-17H,3,8-11H2,1-2H3/t14-,15+,16+,17-/m0/s1. The number of benzene rings is 1. The van der Waals surface area contributed by atoms with Crippen LogP contribution in [-0.4, -0.2) is 46.6 Å². The zero-order chi connectivity index (χ0) is 20.5. The van der Waals surface area contributed by atoms with Crippen LogP contribution in [0.5, 0.6) is 0 Å². The number of rotatable bonds is 4. The fourth-order valence-electron chi connectivity index (χ4n) is 4.51. The third-order valence-corrected chi connectivity index (χ3v) is 6.11. The van der Waals surface area contributed by atoms with Crippen molar-refractivity contribution in [3.05, 3.63) is 35.4 Å². The number of amides is 1. The number of aryl methyl sites for hydroxylation is 1. The molecule has 2 aliphatic rings. The van der Waals surface area contributed by atoms with Gasteiger partial charge in [-0.25, -0.2) is 4.79 Å². The van der Waals surface area contributed by atoms with Gasteiger partial charge in [-0.15, -0.1) is 0 Å². The summed E-state index contributed by atoms with van der Waals surface area (Å²) < 4.78 is 8.63. The van der Waals surface area contributed by atoms with Gasteiger partial charge < -0.3 is 14.4 Å². The van der Waals surface area contributed by atoms with Crippen LogP contribution in [0, 0.1) is 5.92 Å². The van der Waals surface area contributed by atoms with E-state index in [0.717, 1.165) is 24.8 Å². The van der Waals surface area contributed by atoms with Crippen molar-refractivity contribution in [2.24, 2.45) is 5.92 Å². The lowest BCUT2D eigenvalue weighted by atomic mass is 9.76. The summed E-state index contributed by atoms with van der Waals surface area (Å²) in [5.41, 5.74) is 2.34. The molecule has 2 aliphatic heterocycles. The molecule has 2 saturated heterocycles. The summed E-state index contributed by atoms with van der Waals surface area (Å²) in [6.45, 7) is 1.77. The maximum absolute atomic E-state index is 12.7. The average molecular weight is 449 g/mol. The maximum atomic E-state index is 12.7. The minimum Gasteiger partial charge on any atom is -0.469 e. The van der Waals surface area contributed by atoms with Gasteiger partial charge in [-0.1, -0.05) is 66.0 Å². The van der Waals surface area contributed by atoms with Crippen molar-refractivity contribution in [3.8, 4) is 0 Å². The van der Waals surface area contributed by atoms with E-state index >= 15 is 0 Å². The van der Waals surface area contributed by atoms with E-state index in [-0.39, 0.29) is 30.6 Å². The number of halogens is 3. The normalized spacial score (nSPS) is 26.8. The molecule has 1 aromatic rings. The zero-order valence-electron chi connectivity index (χ0n) is 15.9. The number of piperidine rings is 1. The number of hydrogen-bond donors (Lipinski definition) is 0. The number of fused-ring (bicyclic) bond motifs is 2. The molecule has 2 heterocycles. The van der Waals surface area contributed by atoms with Crippen molar-refractivity contribution < 1.29 is 19.1 Å². The number of carbonyl (C=O) groups excluding carboxylic acids is 2. The van der Waals surface area contributed by atoms with Crippen molar-refractivity contribution in [3.63, 3.8) is 0 Å². The number of ether oxygens (including phenoxy) is 2. The Morgan fingerprint density at radius 1 is 1.18 bits per heavy atom. The SMILES string of the molecule is CCc1ccc([C@H]2C[C@@H]3CC[C@H]([C@H]2C(=O)OC)N3C(=O)OCC(Cl)(Cl)Cl)cc1. The number of nitrogens with zero attached hydrogens (tertiary/aromatic N) is 1. The van der Waals surface area contributed by atoms with Gasteiger partial charge in [0.15, 0.2) is 0 Å². The lowest BCUT2D eigenvalue weighted by molar-refractivity contribution is -0.150. The smallest absolute Gasteiger partial charge is 0.410 e. The lowest BCUT2D eigenvalue weighted by Gasteiger charge is -2.43. The molecule has 2 fully saturated rings. The predicted octanol–water partition coefficient (Wildman–Crippen LogP) is 4.87. The summed E-state index contributed by atoms with van der Waals surface area (Å²) in [5.74, 6) is -0.765. The van der Waals surface area contributed by atoms with Crippen molar-refractivity contribution in [1.82, 2.24) is 4.90 Å². The number of methoxy groups -OCH3 is 1. The minimum absolute atomic E-state index is 0.00641. The molecule has 154 valence electrons. The first-order chi connectivity index (χ1) is 13.2. The minimum atomic E-state index is -1.67. The molecule has 0 aromatic heterocycles. The van der Waals surface area contributed by atoms with Crippen LogP contribution in [0.4, 0.5) is 4.79 Å². The van der Waals surface area contributed by atoms with Crippen molar-refractivity contribution in [2.75, 3.05) is 13.7 Å². The van der Waals surface area contributed by atoms with Gasteiger partial charge in [0.2, 0.25) is 3.79 Å². The van der Waals surface area contributed by atoms with Crippen LogP contribution in [0.3, 0.4) is 0 Å². The number of carbonyl (C=O) groups is 2. The Balaban J connectivity index is 1.85. The summed E-state index contributed by atoms with van der Waals surface area (Å²) in [5, 5.41) is 0. The third-order valence-electron chi connectivity index (χ3n) is 5.78. The number of esters is 1. The fourth-order valence-corrected chi connectivity index (χ4v) is 4.67. The first kappa shape index (κ1) is 21.5. The third kappa shape index (κ3) is 4.52. The maximum Gasteiger partial charge on any atom is 0.410 e. The topological polar surface area (TPSA) is 55.8 Å². The molecule has 2 bridgehead atoms. The van der Waals surface area contributed by atoms with E-state index in [0.29, 0.717) is 6.42 Å². The summed E-state index contributed by atoms with van der Waals surface area (Å²) in [7, 11) is 1.38. The highest BCUT2D eigenvalue weighted by Crippen LogP contribution is 2.47. The van der Waals surface area contributed by atoms with Crippen molar-refractivity contribution in [2.45, 2.75) is 54.4 Å². The van der Waals surface area contributed by atoms with Gasteiger partial charge in [0.1, 0.15) is 6.61 Å². The molecule has 3 rings (SSSR count). The van der Waals surface area contributed by atoms with E-state index < -0.39 is 15.8 Å². The van der Waals surface area contributed by atoms with Gasteiger partial charge in [-0.3, -0.25) is 4.79 Å². The van der Waals surface area contributed by atoms with Gasteiger partial charge in [0.25, 0.3) is 0 Å². The molecule has 0 unspecified atom stereocenters. The molecule has 0 N–H and O–H groups in total. The van der Waals surface area contributed by atoms with E-state index in [4.69, 9.17) is 44.3 Å². The molecule has 5 nitrogen and oxygen atoms in total. The molecule has 0 saturated carbocycles. The lowest BCUT2D eigenvalue weighted by Crippen LogP contribution is -2.53. The van der Waals surface area contributed by atoms with E-state index in [9.17, 15) is 9.59 Å². The number of hydrogen-bond acceptors (Lipinski definition) is 4. The van der Waals surface area contributed by atoms with Gasteiger partial charge >= 0.3 is 12.1 Å². The number of alkyl halides is 3. The molecule has 8 heteroatoms. The molecule has 0 spiro atoms. The van der Waals surface area contributed by atoms with E-state index in [1.54, 1.807) is 4.90 Å². The monoisotopic (exact) mass is 447 g/mol. The Hall–Kier alpha value is -1.17. The molecule has 1 aromatic carbocycles. The predicted molar refractivity (Wildman–Crippen MR) is 109 cm³/mol. The van der Waals surface area contributed by atoms with E-state index in [1.165, 1.54) is 12.7 Å². The quantitative estimate of drug-likeness (QED) is 0.487. The van der Waals surface area contributed by atoms with Crippen LogP contribution in [0.15, 0.2) is 24.3 Å². The molecule has 4 atom stereocenters. The highest BCUT2D eigenvalue weighted by Gasteiger charge is 2.53. The molecule has 0 radical (unpaired) electrons. The van der Waals surface area contributed by atoms with Crippen LogP contribution in [0.1, 0.15) is 43.2 Å². The van der Waals surface area contributed by atoms with Crippen LogP contribution in [-0.2, 0) is 20.7 Å². The van der Waals surface area contributed by atoms with E-state index in [2.05, 4.69) is 31.2 Å². The second-order valence-electron chi connectivity index (χ2n) is 7.36. The second kappa shape index (κ2) is 8.68. The Labute approximate surface area is 180 Å². The van der Waals surface area contributed by atoms with Crippen molar-refractivity contribution >= 4 is 46.9 Å². The summed E-state index contributed by atoms with van der Waals surface area (Å²) >= 11 is 17.1. The first-order valence-electron chi connectivity index (χ1n) is 9.43. The van der Waals surface area contributed by atoms with Gasteiger partial charge in [-0.2, -0.15) is 0 Å². The summed E-state index contributed by atoms with van der Waals surface area (Å²) in [6, 6.07) is 8.04.